The maximum atomic E-state index is 13.4. The van der Waals surface area contributed by atoms with Gasteiger partial charge >= 0.3 is 12.1 Å². The summed E-state index contributed by atoms with van der Waals surface area (Å²) in [6.07, 6.45) is 1.53. The number of nitrogens with one attached hydrogen (secondary N) is 2. The first kappa shape index (κ1) is 26.1. The second-order valence-electron chi connectivity index (χ2n) is 8.07. The fourth-order valence-corrected chi connectivity index (χ4v) is 6.22. The topological polar surface area (TPSA) is 224 Å². The molecule has 14 nitrogen and oxygen atoms in total. The molecule has 2 aliphatic rings. The minimum atomic E-state index is -4.37. The molecule has 3 heterocycles. The molecule has 7 N–H and O–H groups in total. The van der Waals surface area contributed by atoms with Crippen LogP contribution >= 0.6 is 0 Å². The van der Waals surface area contributed by atoms with Crippen molar-refractivity contribution in [3.05, 3.63) is 35.2 Å². The Balaban J connectivity index is 1.92. The van der Waals surface area contributed by atoms with Gasteiger partial charge in [0.25, 0.3) is 11.8 Å². The summed E-state index contributed by atoms with van der Waals surface area (Å²) in [6, 6.07) is 1.00. The number of sulfone groups is 1. The van der Waals surface area contributed by atoms with E-state index in [0.717, 1.165) is 11.8 Å². The Bertz CT molecular complexity index is 1190. The highest BCUT2D eigenvalue weighted by Gasteiger charge is 2.72. The molecular formula is C20H26N6O8S. The number of hydrogen-bond donors (Lipinski definition) is 5. The maximum Gasteiger partial charge on any atom is 0.407 e. The third kappa shape index (κ3) is 4.56. The van der Waals surface area contributed by atoms with E-state index >= 15 is 0 Å². The highest BCUT2D eigenvalue weighted by molar-refractivity contribution is 7.94. The van der Waals surface area contributed by atoms with Gasteiger partial charge in [-0.2, -0.15) is 0 Å². The van der Waals surface area contributed by atoms with Crippen molar-refractivity contribution in [2.24, 2.45) is 11.5 Å². The number of alkyl carbamates (subject to hydrolysis) is 1. The molecule has 0 spiro atoms. The average molecular weight is 511 g/mol. The Hall–Kier alpha value is -3.56. The fourth-order valence-electron chi connectivity index (χ4n) is 3.94. The van der Waals surface area contributed by atoms with Crippen molar-refractivity contribution in [2.45, 2.75) is 23.1 Å². The van der Waals surface area contributed by atoms with Crippen LogP contribution in [0.1, 0.15) is 23.0 Å². The Morgan fingerprint density at radius 3 is 2.54 bits per heavy atom. The van der Waals surface area contributed by atoms with E-state index < -0.39 is 56.5 Å². The first-order chi connectivity index (χ1) is 16.5. The molecule has 35 heavy (non-hydrogen) atoms. The summed E-state index contributed by atoms with van der Waals surface area (Å²) >= 11 is 0. The number of fused-ring (bicyclic) bond motifs is 1. The van der Waals surface area contributed by atoms with Gasteiger partial charge in [0, 0.05) is 37.9 Å². The van der Waals surface area contributed by atoms with Gasteiger partial charge in [0.1, 0.15) is 11.4 Å². The lowest BCUT2D eigenvalue weighted by Crippen LogP contribution is -2.59. The number of nitrogens with two attached hydrogens (primary N) is 2. The van der Waals surface area contributed by atoms with Crippen LogP contribution in [0.25, 0.3) is 6.08 Å². The van der Waals surface area contributed by atoms with Crippen molar-refractivity contribution >= 4 is 39.8 Å². The second-order valence-corrected chi connectivity index (χ2v) is 10.5. The number of ether oxygens (including phenoxy) is 1. The van der Waals surface area contributed by atoms with E-state index in [4.69, 9.17) is 16.2 Å². The van der Waals surface area contributed by atoms with Crippen LogP contribution < -0.4 is 22.1 Å². The number of amides is 3. The highest BCUT2D eigenvalue weighted by atomic mass is 32.2. The number of carbonyl (C=O) groups excluding carboxylic acids is 3. The minimum absolute atomic E-state index is 0.0705. The standard InChI is InChI=1S/C20H26N6O8S/c1-20(10-34-19(31)25-7-4-22)14(18(29)30)26-16(28)13(17(26)35(20,32)33)9-12-8-11(2-5-23-12)15(27)24-6-3-21/h2,5,8-9,14,17H,3-4,6-7,10,21-22H2,1H3,(H,24,27)(H,25,31)(H,29,30)/b13-9-/t14-,17+,20-/m0/s1. The summed E-state index contributed by atoms with van der Waals surface area (Å²) in [5.74, 6) is -2.81. The lowest BCUT2D eigenvalue weighted by molar-refractivity contribution is -0.153. The van der Waals surface area contributed by atoms with Gasteiger partial charge in [-0.05, 0) is 25.1 Å². The van der Waals surface area contributed by atoms with Gasteiger partial charge in [0.2, 0.25) is 0 Å². The van der Waals surface area contributed by atoms with Gasteiger partial charge in [-0.15, -0.1) is 0 Å². The van der Waals surface area contributed by atoms with Crippen molar-refractivity contribution in [1.29, 1.82) is 0 Å². The number of rotatable bonds is 9. The lowest BCUT2D eigenvalue weighted by Gasteiger charge is -2.37. The molecule has 0 aliphatic carbocycles. The first-order valence-corrected chi connectivity index (χ1v) is 12.1. The fraction of sp³-hybridized carbons (Fsp3) is 0.450. The zero-order chi connectivity index (χ0) is 26.0. The van der Waals surface area contributed by atoms with Crippen LogP contribution in [-0.4, -0.2) is 96.2 Å². The molecule has 3 amide bonds. The van der Waals surface area contributed by atoms with E-state index in [1.807, 2.05) is 0 Å². The molecule has 190 valence electrons. The van der Waals surface area contributed by atoms with Crippen molar-refractivity contribution in [3.8, 4) is 0 Å². The Morgan fingerprint density at radius 1 is 1.26 bits per heavy atom. The lowest BCUT2D eigenvalue weighted by atomic mass is 9.94. The van der Waals surface area contributed by atoms with Gasteiger partial charge in [0.05, 0.1) is 11.3 Å². The third-order valence-electron chi connectivity index (χ3n) is 5.71. The van der Waals surface area contributed by atoms with E-state index in [2.05, 4.69) is 15.6 Å². The Labute approximate surface area is 200 Å². The Kier molecular flexibility index (Phi) is 7.42. The molecule has 0 unspecified atom stereocenters. The zero-order valence-electron chi connectivity index (χ0n) is 18.8. The van der Waals surface area contributed by atoms with Gasteiger partial charge in [-0.1, -0.05) is 0 Å². The van der Waals surface area contributed by atoms with E-state index in [1.54, 1.807) is 0 Å². The predicted octanol–water partition coefficient (Wildman–Crippen LogP) is -2.35. The van der Waals surface area contributed by atoms with Crippen LogP contribution in [0.3, 0.4) is 0 Å². The first-order valence-electron chi connectivity index (χ1n) is 10.5. The molecule has 2 saturated heterocycles. The van der Waals surface area contributed by atoms with E-state index in [0.29, 0.717) is 0 Å². The molecule has 15 heteroatoms. The SMILES string of the molecule is C[C@]1(COC(=O)NCCN)[C@H](C(=O)O)N2C(=O)/C(=C/c3cc(C(=O)NCCN)ccn3)[C@H]2S1(=O)=O. The quantitative estimate of drug-likeness (QED) is 0.174. The molecule has 1 aromatic heterocycles. The summed E-state index contributed by atoms with van der Waals surface area (Å²) in [6.45, 7) is 0.977. The van der Waals surface area contributed by atoms with Crippen LogP contribution in [0.5, 0.6) is 0 Å². The largest absolute Gasteiger partial charge is 0.480 e. The number of carbonyl (C=O) groups is 4. The molecule has 0 radical (unpaired) electrons. The number of hydrogen-bond acceptors (Lipinski definition) is 10. The van der Waals surface area contributed by atoms with Crippen molar-refractivity contribution in [1.82, 2.24) is 20.5 Å². The number of β-lactam (4-membered cyclic amide) rings is 1. The molecule has 0 bridgehead atoms. The van der Waals surface area contributed by atoms with E-state index in [9.17, 15) is 32.7 Å². The van der Waals surface area contributed by atoms with E-state index in [-0.39, 0.29) is 43.0 Å². The predicted molar refractivity (Wildman–Crippen MR) is 121 cm³/mol. The van der Waals surface area contributed by atoms with Crippen LogP contribution in [0.2, 0.25) is 0 Å². The number of aromatic nitrogens is 1. The van der Waals surface area contributed by atoms with Crippen LogP contribution in [-0.2, 0) is 24.2 Å². The van der Waals surface area contributed by atoms with E-state index in [1.165, 1.54) is 24.4 Å². The van der Waals surface area contributed by atoms with Crippen LogP contribution in [0.4, 0.5) is 4.79 Å². The number of carboxylic acids is 1. The molecule has 2 fully saturated rings. The van der Waals surface area contributed by atoms with Gasteiger partial charge in [-0.25, -0.2) is 18.0 Å². The van der Waals surface area contributed by atoms with Crippen molar-refractivity contribution in [3.63, 3.8) is 0 Å². The van der Waals surface area contributed by atoms with Crippen molar-refractivity contribution < 1.29 is 37.4 Å². The number of nitrogens with zero attached hydrogens (tertiary/aromatic N) is 2. The smallest absolute Gasteiger partial charge is 0.407 e. The van der Waals surface area contributed by atoms with Gasteiger partial charge < -0.3 is 36.8 Å². The molecule has 1 aromatic rings. The molecule has 0 saturated carbocycles. The third-order valence-corrected chi connectivity index (χ3v) is 8.42. The van der Waals surface area contributed by atoms with Gasteiger partial charge in [0.15, 0.2) is 21.3 Å². The summed E-state index contributed by atoms with van der Waals surface area (Å²) in [4.78, 5) is 53.6. The zero-order valence-corrected chi connectivity index (χ0v) is 19.6. The minimum Gasteiger partial charge on any atom is -0.480 e. The number of aliphatic carboxylic acids is 1. The molecule has 3 atom stereocenters. The normalized spacial score (nSPS) is 25.5. The number of pyridine rings is 1. The molecule has 2 aliphatic heterocycles. The number of carboxylic acid groups (broad SMARTS) is 1. The molecule has 3 rings (SSSR count). The molecular weight excluding hydrogens is 484 g/mol. The van der Waals surface area contributed by atoms with Gasteiger partial charge in [-0.3, -0.25) is 14.6 Å². The maximum absolute atomic E-state index is 13.4. The van der Waals surface area contributed by atoms with Crippen LogP contribution in [0, 0.1) is 0 Å². The summed E-state index contributed by atoms with van der Waals surface area (Å²) in [7, 11) is -4.37. The van der Waals surface area contributed by atoms with Crippen LogP contribution in [0.15, 0.2) is 23.9 Å². The van der Waals surface area contributed by atoms with Crippen molar-refractivity contribution in [2.75, 3.05) is 32.8 Å². The second kappa shape index (κ2) is 9.97. The highest BCUT2D eigenvalue weighted by Crippen LogP contribution is 2.49. The molecule has 0 aromatic carbocycles. The Morgan fingerprint density at radius 2 is 1.91 bits per heavy atom. The summed E-state index contributed by atoms with van der Waals surface area (Å²) in [5, 5.41) is 13.1. The summed E-state index contributed by atoms with van der Waals surface area (Å²) in [5.41, 5.74) is 10.8. The average Bonchev–Trinajstić information content (AvgIpc) is 2.99. The summed E-state index contributed by atoms with van der Waals surface area (Å²) < 4.78 is 29.7. The monoisotopic (exact) mass is 510 g/mol.